The molecule has 2 aromatic rings. The maximum atomic E-state index is 12.7. The molecule has 0 unspecified atom stereocenters. The fourth-order valence-corrected chi connectivity index (χ4v) is 2.53. The highest BCUT2D eigenvalue weighted by atomic mass is 35.5. The zero-order valence-corrected chi connectivity index (χ0v) is 13.7. The molecule has 2 rings (SSSR count). The number of ketones is 1. The Hall–Kier alpha value is -1.36. The summed E-state index contributed by atoms with van der Waals surface area (Å²) in [6, 6.07) is 5.34. The van der Waals surface area contributed by atoms with E-state index in [1.165, 1.54) is 6.20 Å². The summed E-state index contributed by atoms with van der Waals surface area (Å²) in [7, 11) is 3.92. The number of hydrogen-bond acceptors (Lipinski definition) is 3. The van der Waals surface area contributed by atoms with Gasteiger partial charge in [-0.05, 0) is 38.7 Å². The molecule has 0 aliphatic rings. The van der Waals surface area contributed by atoms with E-state index in [1.807, 2.05) is 32.0 Å². The molecular formula is C15H17Cl2N3O. The minimum atomic E-state index is -0.207. The van der Waals surface area contributed by atoms with Gasteiger partial charge in [0.2, 0.25) is 5.78 Å². The molecular weight excluding hydrogens is 309 g/mol. The van der Waals surface area contributed by atoms with Gasteiger partial charge in [0.1, 0.15) is 5.69 Å². The third kappa shape index (κ3) is 3.64. The Morgan fingerprint density at radius 1 is 1.29 bits per heavy atom. The lowest BCUT2D eigenvalue weighted by Gasteiger charge is -2.12. The van der Waals surface area contributed by atoms with Crippen LogP contribution >= 0.6 is 23.2 Å². The van der Waals surface area contributed by atoms with Crippen LogP contribution < -0.4 is 0 Å². The van der Waals surface area contributed by atoms with Crippen molar-refractivity contribution in [1.82, 2.24) is 14.7 Å². The lowest BCUT2D eigenvalue weighted by Crippen LogP contribution is -2.21. The first-order valence-electron chi connectivity index (χ1n) is 6.57. The summed E-state index contributed by atoms with van der Waals surface area (Å²) in [5.74, 6) is -0.207. The zero-order valence-electron chi connectivity index (χ0n) is 12.2. The van der Waals surface area contributed by atoms with Crippen molar-refractivity contribution in [3.63, 3.8) is 0 Å². The molecule has 0 spiro atoms. The van der Waals surface area contributed by atoms with Crippen LogP contribution in [0.15, 0.2) is 24.4 Å². The van der Waals surface area contributed by atoms with Gasteiger partial charge in [-0.2, -0.15) is 5.10 Å². The second-order valence-corrected chi connectivity index (χ2v) is 5.99. The van der Waals surface area contributed by atoms with E-state index in [9.17, 15) is 4.79 Å². The Morgan fingerprint density at radius 2 is 2.00 bits per heavy atom. The fraction of sp³-hybridized carbons (Fsp3) is 0.333. The standard InChI is InChI=1S/C15H17Cl2N3O/c1-10-4-5-11(12(16)8-10)15(21)14-13(17)9-18-20(14)7-6-19(2)3/h4-5,8-9H,6-7H2,1-3H3. The van der Waals surface area contributed by atoms with Crippen LogP contribution in [0, 0.1) is 6.92 Å². The van der Waals surface area contributed by atoms with Crippen molar-refractivity contribution in [1.29, 1.82) is 0 Å². The molecule has 0 fully saturated rings. The van der Waals surface area contributed by atoms with Crippen LogP contribution in [0.3, 0.4) is 0 Å². The van der Waals surface area contributed by atoms with E-state index in [0.717, 1.165) is 12.1 Å². The fourth-order valence-electron chi connectivity index (χ4n) is 1.98. The van der Waals surface area contributed by atoms with Crippen molar-refractivity contribution < 1.29 is 4.79 Å². The summed E-state index contributed by atoms with van der Waals surface area (Å²) in [5, 5.41) is 4.95. The minimum absolute atomic E-state index is 0.207. The molecule has 4 nitrogen and oxygen atoms in total. The van der Waals surface area contributed by atoms with Gasteiger partial charge in [0, 0.05) is 12.1 Å². The highest BCUT2D eigenvalue weighted by Gasteiger charge is 2.21. The maximum Gasteiger partial charge on any atom is 0.214 e. The molecule has 0 aliphatic carbocycles. The molecule has 0 saturated heterocycles. The number of carbonyl (C=O) groups is 1. The number of aromatic nitrogens is 2. The average Bonchev–Trinajstić information content (AvgIpc) is 2.77. The van der Waals surface area contributed by atoms with Crippen molar-refractivity contribution in [2.45, 2.75) is 13.5 Å². The van der Waals surface area contributed by atoms with Gasteiger partial charge in [0.25, 0.3) is 0 Å². The largest absolute Gasteiger partial charge is 0.308 e. The molecule has 112 valence electrons. The number of nitrogens with zero attached hydrogens (tertiary/aromatic N) is 3. The highest BCUT2D eigenvalue weighted by Crippen LogP contribution is 2.24. The first-order chi connectivity index (χ1) is 9.90. The predicted octanol–water partition coefficient (Wildman–Crippen LogP) is 3.29. The number of hydrogen-bond donors (Lipinski definition) is 0. The molecule has 0 bridgehead atoms. The molecule has 1 heterocycles. The first kappa shape index (κ1) is 16.0. The molecule has 6 heteroatoms. The van der Waals surface area contributed by atoms with Crippen LogP contribution in [-0.4, -0.2) is 41.1 Å². The Labute approximate surface area is 134 Å². The number of rotatable bonds is 5. The van der Waals surface area contributed by atoms with Crippen molar-refractivity contribution in [2.75, 3.05) is 20.6 Å². The second-order valence-electron chi connectivity index (χ2n) is 5.18. The molecule has 0 N–H and O–H groups in total. The maximum absolute atomic E-state index is 12.7. The molecule has 0 saturated carbocycles. The van der Waals surface area contributed by atoms with Gasteiger partial charge in [-0.3, -0.25) is 9.48 Å². The van der Waals surface area contributed by atoms with Gasteiger partial charge >= 0.3 is 0 Å². The van der Waals surface area contributed by atoms with E-state index in [4.69, 9.17) is 23.2 Å². The van der Waals surface area contributed by atoms with Crippen LogP contribution in [0.4, 0.5) is 0 Å². The molecule has 21 heavy (non-hydrogen) atoms. The van der Waals surface area contributed by atoms with E-state index in [2.05, 4.69) is 5.10 Å². The van der Waals surface area contributed by atoms with Crippen molar-refractivity contribution >= 4 is 29.0 Å². The monoisotopic (exact) mass is 325 g/mol. The van der Waals surface area contributed by atoms with Gasteiger partial charge in [-0.25, -0.2) is 0 Å². The Morgan fingerprint density at radius 3 is 2.62 bits per heavy atom. The number of aryl methyl sites for hydroxylation is 1. The van der Waals surface area contributed by atoms with E-state index < -0.39 is 0 Å². The van der Waals surface area contributed by atoms with Crippen LogP contribution in [-0.2, 0) is 6.54 Å². The summed E-state index contributed by atoms with van der Waals surface area (Å²) in [6.07, 6.45) is 1.49. The lowest BCUT2D eigenvalue weighted by atomic mass is 10.1. The molecule has 0 aliphatic heterocycles. The molecule has 0 amide bonds. The quantitative estimate of drug-likeness (QED) is 0.792. The topological polar surface area (TPSA) is 38.1 Å². The summed E-state index contributed by atoms with van der Waals surface area (Å²) in [5.41, 5.74) is 1.82. The Kier molecular flexibility index (Phi) is 5.04. The van der Waals surface area contributed by atoms with Gasteiger partial charge in [-0.1, -0.05) is 29.3 Å². The van der Waals surface area contributed by atoms with Crippen LogP contribution in [0.2, 0.25) is 10.0 Å². The number of carbonyl (C=O) groups excluding carboxylic acids is 1. The average molecular weight is 326 g/mol. The zero-order chi connectivity index (χ0) is 15.6. The predicted molar refractivity (Wildman–Crippen MR) is 85.4 cm³/mol. The van der Waals surface area contributed by atoms with Gasteiger partial charge in [-0.15, -0.1) is 0 Å². The summed E-state index contributed by atoms with van der Waals surface area (Å²) < 4.78 is 1.63. The van der Waals surface area contributed by atoms with Crippen LogP contribution in [0.25, 0.3) is 0 Å². The van der Waals surface area contributed by atoms with E-state index >= 15 is 0 Å². The second kappa shape index (κ2) is 6.60. The van der Waals surface area contributed by atoms with Crippen LogP contribution in [0.1, 0.15) is 21.6 Å². The van der Waals surface area contributed by atoms with Crippen LogP contribution in [0.5, 0.6) is 0 Å². The number of benzene rings is 1. The number of likely N-dealkylation sites (N-methyl/N-ethyl adjacent to an activating group) is 1. The summed E-state index contributed by atoms with van der Waals surface area (Å²) in [6.45, 7) is 3.28. The van der Waals surface area contributed by atoms with Gasteiger partial charge in [0.15, 0.2) is 0 Å². The third-order valence-electron chi connectivity index (χ3n) is 3.14. The summed E-state index contributed by atoms with van der Waals surface area (Å²) in [4.78, 5) is 14.7. The van der Waals surface area contributed by atoms with Gasteiger partial charge in [0.05, 0.1) is 22.8 Å². The van der Waals surface area contributed by atoms with E-state index in [0.29, 0.717) is 27.8 Å². The third-order valence-corrected chi connectivity index (χ3v) is 3.73. The Balaban J connectivity index is 2.36. The smallest absolute Gasteiger partial charge is 0.214 e. The normalized spacial score (nSPS) is 11.1. The molecule has 1 aromatic heterocycles. The first-order valence-corrected chi connectivity index (χ1v) is 7.32. The Bertz CT molecular complexity index is 665. The minimum Gasteiger partial charge on any atom is -0.308 e. The van der Waals surface area contributed by atoms with Crippen molar-refractivity contribution in [3.8, 4) is 0 Å². The van der Waals surface area contributed by atoms with Crippen molar-refractivity contribution in [2.24, 2.45) is 0 Å². The highest BCUT2D eigenvalue weighted by molar-refractivity contribution is 6.37. The SMILES string of the molecule is Cc1ccc(C(=O)c2c(Cl)cnn2CCN(C)C)c(Cl)c1. The van der Waals surface area contributed by atoms with E-state index in [-0.39, 0.29) is 5.78 Å². The number of halogens is 2. The molecule has 0 radical (unpaired) electrons. The summed E-state index contributed by atoms with van der Waals surface area (Å²) >= 11 is 12.3. The molecule has 1 aromatic carbocycles. The van der Waals surface area contributed by atoms with E-state index in [1.54, 1.807) is 16.8 Å². The van der Waals surface area contributed by atoms with Gasteiger partial charge < -0.3 is 4.90 Å². The lowest BCUT2D eigenvalue weighted by molar-refractivity contribution is 0.102. The van der Waals surface area contributed by atoms with Crippen molar-refractivity contribution in [3.05, 3.63) is 51.3 Å². The molecule has 0 atom stereocenters.